The number of hydrogen-bond acceptors (Lipinski definition) is 6. The molecule has 3 aliphatic rings. The standard InChI is InChI=1S/C15H22N2O5S/c1-6-11-10(7(2)18)14(19)17(11)12(15(20)21)13(6)23-9-5-16-4-8(9)22-3/h6-11,16,18H,4-5H2,1-3H3,(H,20,21)/t6?,7?,8?,9?,10?,11-/m1/s1. The number of carbonyl (C=O) groups is 2. The first-order chi connectivity index (χ1) is 10.9. The summed E-state index contributed by atoms with van der Waals surface area (Å²) >= 11 is 1.49. The normalized spacial score (nSPS) is 37.8. The number of amides is 1. The van der Waals surface area contributed by atoms with E-state index in [0.717, 1.165) is 18.0 Å². The van der Waals surface area contributed by atoms with Crippen LogP contribution in [0.25, 0.3) is 0 Å². The van der Waals surface area contributed by atoms with Crippen LogP contribution in [0.1, 0.15) is 13.8 Å². The van der Waals surface area contributed by atoms with Crippen molar-refractivity contribution >= 4 is 23.6 Å². The van der Waals surface area contributed by atoms with Crippen LogP contribution in [0.4, 0.5) is 0 Å². The van der Waals surface area contributed by atoms with Gasteiger partial charge in [-0.2, -0.15) is 0 Å². The molecule has 23 heavy (non-hydrogen) atoms. The molecule has 8 heteroatoms. The Kier molecular flexibility index (Phi) is 4.43. The van der Waals surface area contributed by atoms with Crippen molar-refractivity contribution < 1.29 is 24.5 Å². The minimum absolute atomic E-state index is 0.0197. The van der Waals surface area contributed by atoms with Gasteiger partial charge in [0.25, 0.3) is 0 Å². The number of nitrogens with one attached hydrogen (secondary N) is 1. The second-order valence-electron chi connectivity index (χ2n) is 6.36. The molecule has 7 nitrogen and oxygen atoms in total. The maximum absolute atomic E-state index is 12.3. The monoisotopic (exact) mass is 342 g/mol. The molecule has 0 aromatic heterocycles. The topological polar surface area (TPSA) is 99.1 Å². The first-order valence-corrected chi connectivity index (χ1v) is 8.65. The number of carboxylic acid groups (broad SMARTS) is 1. The number of β-lactam (4-membered cyclic amide) rings is 1. The lowest BCUT2D eigenvalue weighted by Crippen LogP contribution is -2.63. The summed E-state index contributed by atoms with van der Waals surface area (Å²) in [6.07, 6.45) is -0.753. The molecule has 3 aliphatic heterocycles. The second-order valence-corrected chi connectivity index (χ2v) is 7.64. The minimum Gasteiger partial charge on any atom is -0.477 e. The molecule has 128 valence electrons. The van der Waals surface area contributed by atoms with Crippen molar-refractivity contribution in [3.63, 3.8) is 0 Å². The van der Waals surface area contributed by atoms with Gasteiger partial charge in [0.15, 0.2) is 0 Å². The molecule has 2 saturated heterocycles. The maximum Gasteiger partial charge on any atom is 0.353 e. The molecule has 0 aromatic carbocycles. The van der Waals surface area contributed by atoms with Crippen LogP contribution in [-0.2, 0) is 14.3 Å². The van der Waals surface area contributed by atoms with Gasteiger partial charge in [0.05, 0.1) is 24.2 Å². The molecular formula is C15H22N2O5S. The summed E-state index contributed by atoms with van der Waals surface area (Å²) in [5.41, 5.74) is 0.0798. The molecule has 6 atom stereocenters. The number of carboxylic acids is 1. The van der Waals surface area contributed by atoms with Crippen LogP contribution in [0.3, 0.4) is 0 Å². The predicted octanol–water partition coefficient (Wildman–Crippen LogP) is -0.140. The number of hydrogen-bond donors (Lipinski definition) is 3. The number of aliphatic hydroxyl groups is 1. The molecule has 5 unspecified atom stereocenters. The van der Waals surface area contributed by atoms with Gasteiger partial charge in [0, 0.05) is 36.3 Å². The van der Waals surface area contributed by atoms with E-state index in [1.54, 1.807) is 14.0 Å². The van der Waals surface area contributed by atoms with Crippen molar-refractivity contribution in [2.24, 2.45) is 11.8 Å². The quantitative estimate of drug-likeness (QED) is 0.598. The first-order valence-electron chi connectivity index (χ1n) is 7.77. The summed E-state index contributed by atoms with van der Waals surface area (Å²) in [4.78, 5) is 26.1. The highest BCUT2D eigenvalue weighted by atomic mass is 32.2. The van der Waals surface area contributed by atoms with Crippen LogP contribution < -0.4 is 5.32 Å². The van der Waals surface area contributed by atoms with Crippen LogP contribution in [-0.4, -0.2) is 70.7 Å². The lowest BCUT2D eigenvalue weighted by molar-refractivity contribution is -0.163. The predicted molar refractivity (Wildman–Crippen MR) is 84.7 cm³/mol. The number of nitrogens with zero attached hydrogens (tertiary/aromatic N) is 1. The van der Waals surface area contributed by atoms with Gasteiger partial charge in [-0.15, -0.1) is 11.8 Å². The van der Waals surface area contributed by atoms with E-state index in [4.69, 9.17) is 4.74 Å². The highest BCUT2D eigenvalue weighted by Gasteiger charge is 2.60. The van der Waals surface area contributed by atoms with Crippen molar-refractivity contribution in [2.45, 2.75) is 37.3 Å². The number of methoxy groups -OCH3 is 1. The van der Waals surface area contributed by atoms with E-state index in [-0.39, 0.29) is 34.9 Å². The second kappa shape index (κ2) is 6.08. The van der Waals surface area contributed by atoms with Gasteiger partial charge in [0.1, 0.15) is 5.70 Å². The lowest BCUT2D eigenvalue weighted by atomic mass is 9.79. The number of aliphatic hydroxyl groups excluding tert-OH is 1. The Labute approximate surface area is 139 Å². The van der Waals surface area contributed by atoms with Gasteiger partial charge in [-0.1, -0.05) is 6.92 Å². The Morgan fingerprint density at radius 2 is 2.17 bits per heavy atom. The fraction of sp³-hybridized carbons (Fsp3) is 0.733. The Balaban J connectivity index is 1.89. The molecule has 3 rings (SSSR count). The zero-order chi connectivity index (χ0) is 16.9. The molecule has 0 spiro atoms. The SMILES string of the molecule is COC1CNCC1SC1=C(C(=O)O)N2C(=O)C(C(C)O)[C@H]2C1C. The molecule has 0 aromatic rings. The summed E-state index contributed by atoms with van der Waals surface area (Å²) in [5.74, 6) is -1.99. The zero-order valence-electron chi connectivity index (χ0n) is 13.4. The Morgan fingerprint density at radius 3 is 2.74 bits per heavy atom. The fourth-order valence-electron chi connectivity index (χ4n) is 3.83. The van der Waals surface area contributed by atoms with E-state index in [2.05, 4.69) is 5.32 Å². The van der Waals surface area contributed by atoms with Crippen LogP contribution in [0.2, 0.25) is 0 Å². The molecular weight excluding hydrogens is 320 g/mol. The van der Waals surface area contributed by atoms with Crippen LogP contribution in [0.15, 0.2) is 10.6 Å². The molecule has 0 radical (unpaired) electrons. The summed E-state index contributed by atoms with van der Waals surface area (Å²) < 4.78 is 5.44. The van der Waals surface area contributed by atoms with E-state index in [0.29, 0.717) is 0 Å². The van der Waals surface area contributed by atoms with E-state index in [1.807, 2.05) is 6.92 Å². The number of rotatable bonds is 5. The lowest BCUT2D eigenvalue weighted by Gasteiger charge is -2.46. The van der Waals surface area contributed by atoms with Crippen molar-refractivity contribution in [2.75, 3.05) is 20.2 Å². The number of fused-ring (bicyclic) bond motifs is 1. The largest absolute Gasteiger partial charge is 0.477 e. The Bertz CT molecular complexity index is 564. The third kappa shape index (κ3) is 2.48. The van der Waals surface area contributed by atoms with Gasteiger partial charge in [-0.3, -0.25) is 4.79 Å². The maximum atomic E-state index is 12.3. The number of carbonyl (C=O) groups excluding carboxylic acids is 1. The molecule has 0 bridgehead atoms. The summed E-state index contributed by atoms with van der Waals surface area (Å²) in [6, 6.07) is -0.258. The smallest absolute Gasteiger partial charge is 0.353 e. The summed E-state index contributed by atoms with van der Waals surface area (Å²) in [7, 11) is 1.65. The van der Waals surface area contributed by atoms with Gasteiger partial charge in [-0.25, -0.2) is 4.79 Å². The Morgan fingerprint density at radius 1 is 1.48 bits per heavy atom. The van der Waals surface area contributed by atoms with E-state index < -0.39 is 18.0 Å². The molecule has 3 heterocycles. The highest BCUT2D eigenvalue weighted by Crippen LogP contribution is 2.51. The van der Waals surface area contributed by atoms with Gasteiger partial charge in [-0.05, 0) is 6.92 Å². The van der Waals surface area contributed by atoms with E-state index in [1.165, 1.54) is 16.7 Å². The summed E-state index contributed by atoms with van der Waals surface area (Å²) in [6.45, 7) is 4.99. The number of thioether (sulfide) groups is 1. The first kappa shape index (κ1) is 16.8. The third-order valence-corrected chi connectivity index (χ3v) is 6.59. The molecule has 1 amide bonds. The van der Waals surface area contributed by atoms with Gasteiger partial charge >= 0.3 is 5.97 Å². The minimum atomic E-state index is -1.08. The zero-order valence-corrected chi connectivity index (χ0v) is 14.2. The molecule has 0 aliphatic carbocycles. The average Bonchev–Trinajstić information content (AvgIpc) is 3.01. The number of aliphatic carboxylic acids is 1. The van der Waals surface area contributed by atoms with E-state index in [9.17, 15) is 19.8 Å². The van der Waals surface area contributed by atoms with Crippen molar-refractivity contribution in [1.29, 1.82) is 0 Å². The van der Waals surface area contributed by atoms with Gasteiger partial charge < -0.3 is 25.2 Å². The van der Waals surface area contributed by atoms with Crippen molar-refractivity contribution in [3.8, 4) is 0 Å². The van der Waals surface area contributed by atoms with Gasteiger partial charge in [0.2, 0.25) is 5.91 Å². The molecule has 2 fully saturated rings. The average molecular weight is 342 g/mol. The highest BCUT2D eigenvalue weighted by molar-refractivity contribution is 8.03. The van der Waals surface area contributed by atoms with Crippen LogP contribution in [0, 0.1) is 11.8 Å². The molecule has 0 saturated carbocycles. The van der Waals surface area contributed by atoms with E-state index >= 15 is 0 Å². The fourth-order valence-corrected chi connectivity index (χ4v) is 5.36. The van der Waals surface area contributed by atoms with Crippen molar-refractivity contribution in [1.82, 2.24) is 10.2 Å². The third-order valence-electron chi connectivity index (χ3n) is 5.00. The van der Waals surface area contributed by atoms with Crippen LogP contribution >= 0.6 is 11.8 Å². The summed E-state index contributed by atoms with van der Waals surface area (Å²) in [5, 5.41) is 22.8. The van der Waals surface area contributed by atoms with Crippen molar-refractivity contribution in [3.05, 3.63) is 10.6 Å². The molecule has 3 N–H and O–H groups in total. The Hall–Kier alpha value is -1.09. The van der Waals surface area contributed by atoms with Crippen LogP contribution in [0.5, 0.6) is 0 Å². The number of ether oxygens (including phenoxy) is 1.